The van der Waals surface area contributed by atoms with E-state index in [1.807, 2.05) is 0 Å². The van der Waals surface area contributed by atoms with Crippen molar-refractivity contribution >= 4 is 17.6 Å². The molecule has 1 N–H and O–H groups in total. The summed E-state index contributed by atoms with van der Waals surface area (Å²) in [6.45, 7) is 3.97. The number of carbonyl (C=O) groups excluding carboxylic acids is 2. The van der Waals surface area contributed by atoms with Crippen molar-refractivity contribution in [1.29, 1.82) is 0 Å². The van der Waals surface area contributed by atoms with E-state index in [4.69, 9.17) is 4.52 Å². The maximum Gasteiger partial charge on any atom is 0.227 e. The van der Waals surface area contributed by atoms with Crippen LogP contribution in [0.1, 0.15) is 24.7 Å². The molecule has 0 spiro atoms. The van der Waals surface area contributed by atoms with Crippen LogP contribution in [0.4, 0.5) is 10.2 Å². The first kappa shape index (κ1) is 17.7. The van der Waals surface area contributed by atoms with Crippen molar-refractivity contribution in [3.05, 3.63) is 47.5 Å². The number of anilines is 1. The van der Waals surface area contributed by atoms with Crippen LogP contribution in [0.3, 0.4) is 0 Å². The zero-order valence-electron chi connectivity index (χ0n) is 13.7. The summed E-state index contributed by atoms with van der Waals surface area (Å²) in [5.74, 6) is 0.327. The fraction of sp³-hybridized carbons (Fsp3) is 0.353. The van der Waals surface area contributed by atoms with Crippen LogP contribution in [0.5, 0.6) is 0 Å². The highest BCUT2D eigenvalue weighted by atomic mass is 19.1. The molecule has 0 saturated heterocycles. The van der Waals surface area contributed by atoms with Crippen LogP contribution in [0.2, 0.25) is 0 Å². The van der Waals surface area contributed by atoms with Gasteiger partial charge in [-0.3, -0.25) is 9.59 Å². The predicted molar refractivity (Wildman–Crippen MR) is 86.8 cm³/mol. The molecule has 0 saturated carbocycles. The third-order valence-electron chi connectivity index (χ3n) is 3.53. The number of aromatic nitrogens is 1. The first-order valence-electron chi connectivity index (χ1n) is 7.67. The van der Waals surface area contributed by atoms with E-state index < -0.39 is 0 Å². The largest absolute Gasteiger partial charge is 0.360 e. The number of nitrogens with one attached hydrogen (secondary N) is 1. The van der Waals surface area contributed by atoms with Crippen LogP contribution >= 0.6 is 0 Å². The molecule has 0 radical (unpaired) electrons. The van der Waals surface area contributed by atoms with Gasteiger partial charge in [0.25, 0.3) is 0 Å². The minimum Gasteiger partial charge on any atom is -0.360 e. The van der Waals surface area contributed by atoms with Gasteiger partial charge in [-0.15, -0.1) is 0 Å². The van der Waals surface area contributed by atoms with E-state index in [9.17, 15) is 14.0 Å². The average molecular weight is 333 g/mol. The maximum absolute atomic E-state index is 12.9. The van der Waals surface area contributed by atoms with E-state index in [-0.39, 0.29) is 24.1 Å². The Morgan fingerprint density at radius 1 is 1.25 bits per heavy atom. The van der Waals surface area contributed by atoms with Crippen molar-refractivity contribution in [2.24, 2.45) is 0 Å². The molecule has 1 heterocycles. The Hall–Kier alpha value is -2.70. The lowest BCUT2D eigenvalue weighted by molar-refractivity contribution is -0.129. The summed E-state index contributed by atoms with van der Waals surface area (Å²) in [6.07, 6.45) is 0.763. The third kappa shape index (κ3) is 5.49. The highest BCUT2D eigenvalue weighted by Crippen LogP contribution is 2.08. The highest BCUT2D eigenvalue weighted by molar-refractivity contribution is 5.90. The molecule has 2 amide bonds. The second kappa shape index (κ2) is 8.24. The number of nitrogens with zero attached hydrogens (tertiary/aromatic N) is 2. The van der Waals surface area contributed by atoms with Gasteiger partial charge in [0.05, 0.1) is 0 Å². The number of amides is 2. The number of halogens is 1. The van der Waals surface area contributed by atoms with Crippen molar-refractivity contribution in [2.75, 3.05) is 18.4 Å². The van der Waals surface area contributed by atoms with Gasteiger partial charge in [-0.1, -0.05) is 17.3 Å². The molecule has 0 atom stereocenters. The van der Waals surface area contributed by atoms with E-state index >= 15 is 0 Å². The summed E-state index contributed by atoms with van der Waals surface area (Å²) >= 11 is 0. The van der Waals surface area contributed by atoms with Crippen LogP contribution in [0, 0.1) is 12.7 Å². The normalized spacial score (nSPS) is 10.5. The Labute approximate surface area is 139 Å². The number of benzene rings is 1. The van der Waals surface area contributed by atoms with E-state index in [0.717, 1.165) is 5.56 Å². The summed E-state index contributed by atoms with van der Waals surface area (Å²) < 4.78 is 17.8. The summed E-state index contributed by atoms with van der Waals surface area (Å²) in [5.41, 5.74) is 0.935. The van der Waals surface area contributed by atoms with Crippen molar-refractivity contribution in [3.63, 3.8) is 0 Å². The van der Waals surface area contributed by atoms with Crippen molar-refractivity contribution in [1.82, 2.24) is 10.1 Å². The van der Waals surface area contributed by atoms with E-state index in [2.05, 4.69) is 10.5 Å². The lowest BCUT2D eigenvalue weighted by atomic mass is 10.1. The molecule has 6 nitrogen and oxygen atoms in total. The molecule has 0 aliphatic heterocycles. The molecular formula is C17H20FN3O3. The second-order valence-corrected chi connectivity index (χ2v) is 5.50. The average Bonchev–Trinajstić information content (AvgIpc) is 2.93. The third-order valence-corrected chi connectivity index (χ3v) is 3.53. The fourth-order valence-electron chi connectivity index (χ4n) is 2.21. The van der Waals surface area contributed by atoms with E-state index in [0.29, 0.717) is 31.1 Å². The smallest absolute Gasteiger partial charge is 0.227 e. The van der Waals surface area contributed by atoms with Gasteiger partial charge in [-0.05, 0) is 31.0 Å². The minimum atomic E-state index is -0.290. The maximum atomic E-state index is 12.9. The SMILES string of the molecule is CC(=O)N(CCC(=O)Nc1cc(C)on1)CCc1ccc(F)cc1. The minimum absolute atomic E-state index is 0.109. The van der Waals surface area contributed by atoms with Gasteiger partial charge >= 0.3 is 0 Å². The Bertz CT molecular complexity index is 697. The molecule has 0 fully saturated rings. The Kier molecular flexibility index (Phi) is 6.06. The van der Waals surface area contributed by atoms with Gasteiger partial charge in [0.15, 0.2) is 5.82 Å². The number of rotatable bonds is 7. The molecule has 1 aromatic heterocycles. The standard InChI is InChI=1S/C17H20FN3O3/c1-12-11-16(20-24-12)19-17(23)8-10-21(13(2)22)9-7-14-3-5-15(18)6-4-14/h3-6,11H,7-10H2,1-2H3,(H,19,20,23). The molecule has 128 valence electrons. The van der Waals surface area contributed by atoms with Gasteiger partial charge in [-0.2, -0.15) is 0 Å². The zero-order chi connectivity index (χ0) is 17.5. The molecule has 2 aromatic rings. The van der Waals surface area contributed by atoms with E-state index in [1.54, 1.807) is 30.0 Å². The lowest BCUT2D eigenvalue weighted by Gasteiger charge is -2.20. The summed E-state index contributed by atoms with van der Waals surface area (Å²) in [6, 6.07) is 7.78. The summed E-state index contributed by atoms with van der Waals surface area (Å²) in [5, 5.41) is 6.30. The van der Waals surface area contributed by atoms with Crippen LogP contribution in [-0.2, 0) is 16.0 Å². The quantitative estimate of drug-likeness (QED) is 0.845. The van der Waals surface area contributed by atoms with Gasteiger partial charge in [-0.25, -0.2) is 4.39 Å². The Balaban J connectivity index is 1.81. The van der Waals surface area contributed by atoms with Crippen LogP contribution < -0.4 is 5.32 Å². The molecule has 0 bridgehead atoms. The van der Waals surface area contributed by atoms with Gasteiger partial charge in [0.2, 0.25) is 11.8 Å². The molecule has 0 aliphatic carbocycles. The highest BCUT2D eigenvalue weighted by Gasteiger charge is 2.12. The number of hydrogen-bond donors (Lipinski definition) is 1. The monoisotopic (exact) mass is 333 g/mol. The molecule has 0 aliphatic rings. The topological polar surface area (TPSA) is 75.4 Å². The zero-order valence-corrected chi connectivity index (χ0v) is 13.7. The number of hydrogen-bond acceptors (Lipinski definition) is 4. The molecule has 2 rings (SSSR count). The first-order valence-corrected chi connectivity index (χ1v) is 7.67. The van der Waals surface area contributed by atoms with Crippen molar-refractivity contribution in [3.8, 4) is 0 Å². The number of aryl methyl sites for hydroxylation is 1. The lowest BCUT2D eigenvalue weighted by Crippen LogP contribution is -2.33. The van der Waals surface area contributed by atoms with Crippen LogP contribution in [0.15, 0.2) is 34.9 Å². The summed E-state index contributed by atoms with van der Waals surface area (Å²) in [7, 11) is 0. The first-order chi connectivity index (χ1) is 11.4. The molecule has 24 heavy (non-hydrogen) atoms. The number of carbonyl (C=O) groups is 2. The van der Waals surface area contributed by atoms with Crippen molar-refractivity contribution < 1.29 is 18.5 Å². The van der Waals surface area contributed by atoms with Crippen LogP contribution in [-0.4, -0.2) is 35.0 Å². The second-order valence-electron chi connectivity index (χ2n) is 5.50. The van der Waals surface area contributed by atoms with E-state index in [1.165, 1.54) is 19.1 Å². The molecular weight excluding hydrogens is 313 g/mol. The molecule has 1 aromatic carbocycles. The van der Waals surface area contributed by atoms with Gasteiger partial charge in [0.1, 0.15) is 11.6 Å². The summed E-state index contributed by atoms with van der Waals surface area (Å²) in [4.78, 5) is 25.2. The van der Waals surface area contributed by atoms with Crippen LogP contribution in [0.25, 0.3) is 0 Å². The Morgan fingerprint density at radius 2 is 1.96 bits per heavy atom. The predicted octanol–water partition coefficient (Wildman–Crippen LogP) is 2.54. The van der Waals surface area contributed by atoms with Gasteiger partial charge in [0, 0.05) is 32.5 Å². The Morgan fingerprint density at radius 3 is 2.54 bits per heavy atom. The molecule has 0 unspecified atom stereocenters. The van der Waals surface area contributed by atoms with Gasteiger partial charge < -0.3 is 14.7 Å². The van der Waals surface area contributed by atoms with Crippen molar-refractivity contribution in [2.45, 2.75) is 26.7 Å². The molecule has 7 heteroatoms. The fourth-order valence-corrected chi connectivity index (χ4v) is 2.21.